The van der Waals surface area contributed by atoms with E-state index in [9.17, 15) is 23.4 Å². The molecular formula is C34H36Cl2FNO7S. The molecule has 12 heteroatoms. The summed E-state index contributed by atoms with van der Waals surface area (Å²) in [5.74, 6) is -1.61. The number of aliphatic hydroxyl groups excluding tert-OH is 1. The van der Waals surface area contributed by atoms with Crippen molar-refractivity contribution in [3.05, 3.63) is 98.3 Å². The van der Waals surface area contributed by atoms with Crippen LogP contribution in [-0.2, 0) is 37.2 Å². The predicted molar refractivity (Wildman–Crippen MR) is 171 cm³/mol. The Kier molecular flexibility index (Phi) is 8.80. The summed E-state index contributed by atoms with van der Waals surface area (Å²) in [6.45, 7) is 2.10. The summed E-state index contributed by atoms with van der Waals surface area (Å²) in [4.78, 5) is 15.9. The van der Waals surface area contributed by atoms with Crippen molar-refractivity contribution in [1.82, 2.24) is 4.90 Å². The van der Waals surface area contributed by atoms with Gasteiger partial charge in [0.05, 0.1) is 41.4 Å². The number of rotatable bonds is 10. The van der Waals surface area contributed by atoms with Gasteiger partial charge in [-0.1, -0.05) is 41.4 Å². The van der Waals surface area contributed by atoms with E-state index in [2.05, 4.69) is 0 Å². The van der Waals surface area contributed by atoms with Gasteiger partial charge < -0.3 is 19.7 Å². The maximum Gasteiger partial charge on any atom is 0.257 e. The molecule has 0 unspecified atom stereocenters. The molecule has 2 heterocycles. The Balaban J connectivity index is 1.57. The summed E-state index contributed by atoms with van der Waals surface area (Å²) in [5, 5.41) is 22.5. The van der Waals surface area contributed by atoms with E-state index >= 15 is 4.39 Å². The van der Waals surface area contributed by atoms with Crippen LogP contribution in [0.1, 0.15) is 65.2 Å². The number of benzene rings is 3. The average Bonchev–Trinajstić information content (AvgIpc) is 3.77. The van der Waals surface area contributed by atoms with Gasteiger partial charge in [0.2, 0.25) is 0 Å². The lowest BCUT2D eigenvalue weighted by Crippen LogP contribution is -2.48. The molecule has 3 aromatic rings. The molecule has 1 aliphatic carbocycles. The molecule has 0 spiro atoms. The van der Waals surface area contributed by atoms with Crippen LogP contribution in [0.5, 0.6) is 0 Å². The first-order chi connectivity index (χ1) is 21.7. The van der Waals surface area contributed by atoms with E-state index in [1.54, 1.807) is 31.2 Å². The summed E-state index contributed by atoms with van der Waals surface area (Å²) in [6.07, 6.45) is 3.56. The van der Waals surface area contributed by atoms with Crippen LogP contribution in [0.15, 0.2) is 59.5 Å². The highest BCUT2D eigenvalue weighted by atomic mass is 35.5. The van der Waals surface area contributed by atoms with Gasteiger partial charge in [-0.15, -0.1) is 0 Å². The summed E-state index contributed by atoms with van der Waals surface area (Å²) in [5.41, 5.74) is -3.08. The Morgan fingerprint density at radius 2 is 1.72 bits per heavy atom. The van der Waals surface area contributed by atoms with Crippen molar-refractivity contribution in [1.29, 1.82) is 0 Å². The number of fused-ring (bicyclic) bond motifs is 1. The van der Waals surface area contributed by atoms with Crippen LogP contribution in [0.25, 0.3) is 0 Å². The number of halogens is 3. The van der Waals surface area contributed by atoms with E-state index < -0.39 is 38.3 Å². The molecule has 2 fully saturated rings. The molecular weight excluding hydrogens is 656 g/mol. The number of nitrogens with zero attached hydrogens (tertiary/aromatic N) is 1. The van der Waals surface area contributed by atoms with Crippen molar-refractivity contribution in [2.45, 2.75) is 55.4 Å². The predicted octanol–water partition coefficient (Wildman–Crippen LogP) is 5.82. The van der Waals surface area contributed by atoms with Gasteiger partial charge in [0.25, 0.3) is 5.91 Å². The minimum atomic E-state index is -3.80. The van der Waals surface area contributed by atoms with Gasteiger partial charge in [-0.25, -0.2) is 12.8 Å². The maximum absolute atomic E-state index is 16.8. The second-order valence-electron chi connectivity index (χ2n) is 12.9. The number of ether oxygens (including phenoxy) is 2. The first kappa shape index (κ1) is 33.3. The SMILES string of the molecule is C[C@](O)(c1cc(F)c2c(c1)C(=O)N(Cc1ccc(Cl)cc1S(C)(=O)=O)[C@@]2(OCC1(CO)CC1)c1ccc(Cl)cc1)C1CCOCC1. The van der Waals surface area contributed by atoms with Gasteiger partial charge in [0, 0.05) is 40.5 Å². The largest absolute Gasteiger partial charge is 0.396 e. The van der Waals surface area contributed by atoms with Crippen LogP contribution in [-0.4, -0.2) is 62.1 Å². The maximum atomic E-state index is 16.8. The second-order valence-corrected chi connectivity index (χ2v) is 15.8. The summed E-state index contributed by atoms with van der Waals surface area (Å²) >= 11 is 12.4. The van der Waals surface area contributed by atoms with Crippen molar-refractivity contribution >= 4 is 38.9 Å². The van der Waals surface area contributed by atoms with Crippen LogP contribution >= 0.6 is 23.2 Å². The zero-order valence-corrected chi connectivity index (χ0v) is 27.9. The van der Waals surface area contributed by atoms with Gasteiger partial charge in [-0.05, 0) is 86.1 Å². The van der Waals surface area contributed by atoms with Gasteiger partial charge in [0.15, 0.2) is 15.6 Å². The van der Waals surface area contributed by atoms with Crippen LogP contribution in [0.4, 0.5) is 4.39 Å². The molecule has 46 heavy (non-hydrogen) atoms. The highest BCUT2D eigenvalue weighted by Gasteiger charge is 2.57. The zero-order valence-electron chi connectivity index (χ0n) is 25.6. The molecule has 0 aromatic heterocycles. The van der Waals surface area contributed by atoms with E-state index in [0.717, 1.165) is 6.26 Å². The summed E-state index contributed by atoms with van der Waals surface area (Å²) < 4.78 is 54.8. The van der Waals surface area contributed by atoms with Crippen molar-refractivity contribution in [3.8, 4) is 0 Å². The fourth-order valence-corrected chi connectivity index (χ4v) is 7.99. The molecule has 2 N–H and O–H groups in total. The lowest BCUT2D eigenvalue weighted by molar-refractivity contribution is -0.130. The number of amides is 1. The fourth-order valence-electron chi connectivity index (χ4n) is 6.68. The minimum Gasteiger partial charge on any atom is -0.396 e. The number of sulfone groups is 1. The van der Waals surface area contributed by atoms with Crippen LogP contribution in [0, 0.1) is 17.2 Å². The highest BCUT2D eigenvalue weighted by molar-refractivity contribution is 7.90. The molecule has 2 atom stereocenters. The third-order valence-corrected chi connectivity index (χ3v) is 11.4. The van der Waals surface area contributed by atoms with Crippen molar-refractivity contribution in [2.75, 3.05) is 32.7 Å². The molecule has 2 aliphatic heterocycles. The third kappa shape index (κ3) is 5.87. The zero-order chi connectivity index (χ0) is 33.1. The average molecular weight is 693 g/mol. The van der Waals surface area contributed by atoms with Gasteiger partial charge in [-0.2, -0.15) is 0 Å². The van der Waals surface area contributed by atoms with Crippen molar-refractivity contribution in [2.24, 2.45) is 11.3 Å². The smallest absolute Gasteiger partial charge is 0.257 e. The monoisotopic (exact) mass is 691 g/mol. The van der Waals surface area contributed by atoms with E-state index in [1.165, 1.54) is 35.2 Å². The first-order valence-electron chi connectivity index (χ1n) is 15.2. The molecule has 3 aromatic carbocycles. The van der Waals surface area contributed by atoms with E-state index in [-0.39, 0.29) is 57.8 Å². The second kappa shape index (κ2) is 12.1. The molecule has 0 radical (unpaired) electrons. The quantitative estimate of drug-likeness (QED) is 0.276. The molecule has 8 nitrogen and oxygen atoms in total. The topological polar surface area (TPSA) is 113 Å². The number of carbonyl (C=O) groups excluding carboxylic acids is 1. The van der Waals surface area contributed by atoms with Crippen LogP contribution < -0.4 is 0 Å². The van der Waals surface area contributed by atoms with Crippen molar-refractivity contribution < 1.29 is 37.3 Å². The van der Waals surface area contributed by atoms with Crippen LogP contribution in [0.2, 0.25) is 10.0 Å². The Hall–Kier alpha value is -2.57. The van der Waals surface area contributed by atoms with Crippen LogP contribution in [0.3, 0.4) is 0 Å². The summed E-state index contributed by atoms with van der Waals surface area (Å²) in [6, 6.07) is 13.6. The van der Waals surface area contributed by atoms with Gasteiger partial charge >= 0.3 is 0 Å². The van der Waals surface area contributed by atoms with Gasteiger partial charge in [0.1, 0.15) is 5.82 Å². The Bertz CT molecular complexity index is 1770. The Morgan fingerprint density at radius 3 is 2.33 bits per heavy atom. The number of carbonyl (C=O) groups is 1. The van der Waals surface area contributed by atoms with E-state index in [1.807, 2.05) is 0 Å². The number of aliphatic hydroxyl groups is 2. The van der Waals surface area contributed by atoms with Gasteiger partial charge in [-0.3, -0.25) is 9.69 Å². The Labute approximate surface area is 278 Å². The lowest BCUT2D eigenvalue weighted by Gasteiger charge is -2.41. The lowest BCUT2D eigenvalue weighted by atomic mass is 9.77. The Morgan fingerprint density at radius 1 is 1.07 bits per heavy atom. The molecule has 1 saturated heterocycles. The fraction of sp³-hybridized carbons (Fsp3) is 0.441. The number of hydrogen-bond acceptors (Lipinski definition) is 7. The molecule has 1 saturated carbocycles. The number of hydrogen-bond donors (Lipinski definition) is 2. The molecule has 6 rings (SSSR count). The highest BCUT2D eigenvalue weighted by Crippen LogP contribution is 2.53. The molecule has 3 aliphatic rings. The van der Waals surface area contributed by atoms with E-state index in [0.29, 0.717) is 49.5 Å². The minimum absolute atomic E-state index is 0.00409. The van der Waals surface area contributed by atoms with E-state index in [4.69, 9.17) is 32.7 Å². The van der Waals surface area contributed by atoms with Crippen molar-refractivity contribution in [3.63, 3.8) is 0 Å². The summed E-state index contributed by atoms with van der Waals surface area (Å²) in [7, 11) is -3.80. The normalized spacial score (nSPS) is 22.5. The molecule has 246 valence electrons. The first-order valence-corrected chi connectivity index (χ1v) is 17.8. The standard InChI is InChI=1S/C34H36Cl2FNO7S/c1-32(41,22-9-13-44-14-10-22)24-15-27-30(28(37)16-24)34(23-4-7-25(35)8-5-23,45-20-33(19-39)11-12-33)38(31(27)40)18-21-3-6-26(36)17-29(21)46(2,42)43/h3-8,15-17,22,39,41H,9-14,18-20H2,1-2H3/t32-,34-/m1/s1. The third-order valence-electron chi connectivity index (χ3n) is 9.76. The molecule has 0 bridgehead atoms. The molecule has 1 amide bonds.